The summed E-state index contributed by atoms with van der Waals surface area (Å²) in [5, 5.41) is 11.5. The van der Waals surface area contributed by atoms with Crippen molar-refractivity contribution in [2.45, 2.75) is 33.4 Å². The molecule has 2 atom stereocenters. The van der Waals surface area contributed by atoms with Gasteiger partial charge in [-0.3, -0.25) is 9.69 Å². The van der Waals surface area contributed by atoms with E-state index in [1.807, 2.05) is 23.6 Å². The Hall–Kier alpha value is -2.25. The summed E-state index contributed by atoms with van der Waals surface area (Å²) in [5.41, 5.74) is 4.08. The van der Waals surface area contributed by atoms with Crippen LogP contribution in [0.2, 0.25) is 0 Å². The number of likely N-dealkylation sites (tertiary alicyclic amines) is 1. The van der Waals surface area contributed by atoms with Gasteiger partial charge >= 0.3 is 0 Å². The largest absolute Gasteiger partial charge is 0.348 e. The fourth-order valence-corrected chi connectivity index (χ4v) is 4.55. The average Bonchev–Trinajstić information content (AvgIpc) is 3.25. The van der Waals surface area contributed by atoms with Gasteiger partial charge in [-0.1, -0.05) is 18.2 Å². The highest BCUT2D eigenvalue weighted by Gasteiger charge is 2.39. The number of carbonyl (C=O) groups excluding carboxylic acids is 1. The van der Waals surface area contributed by atoms with Gasteiger partial charge in [0.15, 0.2) is 0 Å². The minimum Gasteiger partial charge on any atom is -0.348 e. The monoisotopic (exact) mass is 396 g/mol. The summed E-state index contributed by atoms with van der Waals surface area (Å²) < 4.78 is 2.05. The van der Waals surface area contributed by atoms with E-state index in [-0.39, 0.29) is 5.91 Å². The smallest absolute Gasteiger partial charge is 0.289 e. The molecule has 7 nitrogen and oxygen atoms in total. The van der Waals surface area contributed by atoms with Crippen molar-refractivity contribution in [1.82, 2.24) is 29.9 Å². The van der Waals surface area contributed by atoms with Crippen molar-refractivity contribution in [3.63, 3.8) is 0 Å². The van der Waals surface area contributed by atoms with Crippen LogP contribution in [0.3, 0.4) is 0 Å². The van der Waals surface area contributed by atoms with Crippen LogP contribution in [-0.2, 0) is 19.5 Å². The molecule has 1 aromatic heterocycles. The van der Waals surface area contributed by atoms with Crippen molar-refractivity contribution >= 4 is 5.91 Å². The van der Waals surface area contributed by atoms with Crippen LogP contribution in [0.4, 0.5) is 0 Å². The second-order valence-corrected chi connectivity index (χ2v) is 8.95. The Morgan fingerprint density at radius 2 is 1.93 bits per heavy atom. The summed E-state index contributed by atoms with van der Waals surface area (Å²) in [4.78, 5) is 17.2. The predicted octanol–water partition coefficient (Wildman–Crippen LogP) is 1.49. The number of fused-ring (bicyclic) bond motifs is 2. The Kier molecular flexibility index (Phi) is 5.69. The van der Waals surface area contributed by atoms with Gasteiger partial charge < -0.3 is 14.8 Å². The molecule has 3 heterocycles. The molecule has 1 fully saturated rings. The van der Waals surface area contributed by atoms with E-state index in [1.54, 1.807) is 0 Å². The highest BCUT2D eigenvalue weighted by Crippen LogP contribution is 2.33. The predicted molar refractivity (Wildman–Crippen MR) is 113 cm³/mol. The van der Waals surface area contributed by atoms with Crippen molar-refractivity contribution in [2.75, 3.05) is 40.3 Å². The minimum atomic E-state index is -0.117. The van der Waals surface area contributed by atoms with Crippen LogP contribution < -0.4 is 5.32 Å². The zero-order valence-electron chi connectivity index (χ0n) is 18.0. The number of nitrogens with zero attached hydrogens (tertiary/aromatic N) is 5. The summed E-state index contributed by atoms with van der Waals surface area (Å²) >= 11 is 0. The third-order valence-electron chi connectivity index (χ3n) is 6.37. The zero-order valence-corrected chi connectivity index (χ0v) is 18.0. The van der Waals surface area contributed by atoms with E-state index in [2.05, 4.69) is 52.5 Å². The second kappa shape index (κ2) is 8.24. The summed E-state index contributed by atoms with van der Waals surface area (Å²) in [6, 6.07) is 6.77. The van der Waals surface area contributed by atoms with E-state index in [9.17, 15) is 4.79 Å². The Morgan fingerprint density at radius 1 is 1.14 bits per heavy atom. The zero-order chi connectivity index (χ0) is 20.5. The van der Waals surface area contributed by atoms with Gasteiger partial charge in [-0.15, -0.1) is 10.2 Å². The molecule has 0 saturated carbocycles. The molecule has 0 aliphatic carbocycles. The number of hydrogen-bond donors (Lipinski definition) is 1. The van der Waals surface area contributed by atoms with Gasteiger partial charge in [0.05, 0.1) is 0 Å². The fraction of sp³-hybridized carbons (Fsp3) is 0.591. The standard InChI is InChI=1S/C22H32N6O/c1-15-5-6-17(9-16(15)2)11-27-12-18-10-20-24-25-21(28(20)14-19(18)13-27)22(29)23-7-8-26(3)4/h5-6,9,18-19H,7-8,10-14H2,1-4H3,(H,23,29)/t18-,19-/m1/s1. The van der Waals surface area contributed by atoms with Gasteiger partial charge in [0.2, 0.25) is 5.82 Å². The van der Waals surface area contributed by atoms with Crippen LogP contribution in [0.5, 0.6) is 0 Å². The molecular weight excluding hydrogens is 364 g/mol. The lowest BCUT2D eigenvalue weighted by Crippen LogP contribution is -2.35. The first-order chi connectivity index (χ1) is 13.9. The molecule has 1 saturated heterocycles. The van der Waals surface area contributed by atoms with E-state index in [0.717, 1.165) is 45.0 Å². The van der Waals surface area contributed by atoms with Gasteiger partial charge in [-0.05, 0) is 56.5 Å². The number of hydrogen-bond acceptors (Lipinski definition) is 5. The number of likely N-dealkylation sites (N-methyl/N-ethyl adjacent to an activating group) is 1. The quantitative estimate of drug-likeness (QED) is 0.801. The van der Waals surface area contributed by atoms with E-state index in [1.165, 1.54) is 16.7 Å². The SMILES string of the molecule is Cc1ccc(CN2C[C@H]3Cc4nnc(C(=O)NCCN(C)C)n4C[C@H]3C2)cc1C. The molecule has 1 aromatic carbocycles. The lowest BCUT2D eigenvalue weighted by Gasteiger charge is -2.25. The highest BCUT2D eigenvalue weighted by molar-refractivity contribution is 5.90. The van der Waals surface area contributed by atoms with Crippen LogP contribution in [0, 0.1) is 25.7 Å². The van der Waals surface area contributed by atoms with E-state index >= 15 is 0 Å². The second-order valence-electron chi connectivity index (χ2n) is 8.95. The van der Waals surface area contributed by atoms with Crippen molar-refractivity contribution in [2.24, 2.45) is 11.8 Å². The van der Waals surface area contributed by atoms with E-state index in [4.69, 9.17) is 0 Å². The lowest BCUT2D eigenvalue weighted by atomic mass is 9.89. The third-order valence-corrected chi connectivity index (χ3v) is 6.37. The molecule has 0 unspecified atom stereocenters. The summed E-state index contributed by atoms with van der Waals surface area (Å²) in [6.07, 6.45) is 0.909. The molecule has 4 rings (SSSR count). The minimum absolute atomic E-state index is 0.117. The number of aryl methyl sites for hydroxylation is 2. The molecule has 0 spiro atoms. The van der Waals surface area contributed by atoms with Crippen LogP contribution >= 0.6 is 0 Å². The topological polar surface area (TPSA) is 66.3 Å². The Bertz CT molecular complexity index is 889. The van der Waals surface area contributed by atoms with Crippen LogP contribution in [0.1, 0.15) is 33.1 Å². The molecule has 2 aromatic rings. The van der Waals surface area contributed by atoms with E-state index < -0.39 is 0 Å². The molecule has 2 aliphatic rings. The lowest BCUT2D eigenvalue weighted by molar-refractivity contribution is 0.0932. The summed E-state index contributed by atoms with van der Waals surface area (Å²) in [6.45, 7) is 9.76. The number of aromatic nitrogens is 3. The van der Waals surface area contributed by atoms with Gasteiger partial charge in [0.25, 0.3) is 5.91 Å². The number of carbonyl (C=O) groups is 1. The van der Waals surface area contributed by atoms with Crippen LogP contribution in [-0.4, -0.2) is 70.7 Å². The van der Waals surface area contributed by atoms with Gasteiger partial charge in [-0.2, -0.15) is 0 Å². The summed E-state index contributed by atoms with van der Waals surface area (Å²) in [7, 11) is 3.99. The van der Waals surface area contributed by atoms with Crippen molar-refractivity contribution in [3.8, 4) is 0 Å². The maximum absolute atomic E-state index is 12.6. The van der Waals surface area contributed by atoms with Gasteiger partial charge in [0.1, 0.15) is 5.82 Å². The first-order valence-corrected chi connectivity index (χ1v) is 10.5. The molecule has 2 aliphatic heterocycles. The molecular formula is C22H32N6O. The number of benzene rings is 1. The maximum atomic E-state index is 12.6. The molecule has 1 amide bonds. The Balaban J connectivity index is 1.39. The van der Waals surface area contributed by atoms with Crippen molar-refractivity contribution in [3.05, 3.63) is 46.5 Å². The van der Waals surface area contributed by atoms with Crippen LogP contribution in [0.15, 0.2) is 18.2 Å². The molecule has 7 heteroatoms. The Morgan fingerprint density at radius 3 is 2.69 bits per heavy atom. The first kappa shape index (κ1) is 20.0. The van der Waals surface area contributed by atoms with Gasteiger partial charge in [-0.25, -0.2) is 0 Å². The number of amides is 1. The average molecular weight is 397 g/mol. The summed E-state index contributed by atoms with van der Waals surface area (Å²) in [5.74, 6) is 2.46. The fourth-order valence-electron chi connectivity index (χ4n) is 4.55. The maximum Gasteiger partial charge on any atom is 0.289 e. The third kappa shape index (κ3) is 4.36. The van der Waals surface area contributed by atoms with Crippen LogP contribution in [0.25, 0.3) is 0 Å². The molecule has 156 valence electrons. The first-order valence-electron chi connectivity index (χ1n) is 10.5. The molecule has 29 heavy (non-hydrogen) atoms. The van der Waals surface area contributed by atoms with Crippen molar-refractivity contribution in [1.29, 1.82) is 0 Å². The normalized spacial score (nSPS) is 21.3. The number of nitrogens with one attached hydrogen (secondary N) is 1. The molecule has 0 radical (unpaired) electrons. The molecule has 1 N–H and O–H groups in total. The van der Waals surface area contributed by atoms with Crippen molar-refractivity contribution < 1.29 is 4.79 Å². The molecule has 0 bridgehead atoms. The van der Waals surface area contributed by atoms with E-state index in [0.29, 0.717) is 24.2 Å². The highest BCUT2D eigenvalue weighted by atomic mass is 16.2. The Labute approximate surface area is 173 Å². The van der Waals surface area contributed by atoms with Gasteiger partial charge in [0, 0.05) is 45.7 Å². The number of rotatable bonds is 6.